The van der Waals surface area contributed by atoms with Crippen molar-refractivity contribution in [2.45, 2.75) is 52.4 Å². The Bertz CT molecular complexity index is 292. The minimum absolute atomic E-state index is 0.455. The van der Waals surface area contributed by atoms with E-state index in [0.717, 1.165) is 38.5 Å². The molecule has 0 saturated carbocycles. The molecule has 1 N–H and O–H groups in total. The topological polar surface area (TPSA) is 49.4 Å². The minimum atomic E-state index is -3.24. The fourth-order valence-electron chi connectivity index (χ4n) is 2.17. The lowest BCUT2D eigenvalue weighted by Gasteiger charge is -2.22. The Labute approximate surface area is 106 Å². The van der Waals surface area contributed by atoms with E-state index in [-0.39, 0.29) is 0 Å². The SMILES string of the molecule is CCC(CC)CNS(=O)(=O)N1CCCCCC1. The summed E-state index contributed by atoms with van der Waals surface area (Å²) in [5, 5.41) is 0. The Hall–Kier alpha value is -0.130. The lowest BCUT2D eigenvalue weighted by atomic mass is 10.0. The zero-order chi connectivity index (χ0) is 12.7. The molecule has 1 fully saturated rings. The van der Waals surface area contributed by atoms with Crippen LogP contribution >= 0.6 is 0 Å². The van der Waals surface area contributed by atoms with Crippen LogP contribution in [-0.2, 0) is 10.2 Å². The molecule has 4 nitrogen and oxygen atoms in total. The molecule has 0 bridgehead atoms. The van der Waals surface area contributed by atoms with Gasteiger partial charge in [-0.25, -0.2) is 4.72 Å². The summed E-state index contributed by atoms with van der Waals surface area (Å²) in [6.07, 6.45) is 6.34. The van der Waals surface area contributed by atoms with Crippen LogP contribution in [0.3, 0.4) is 0 Å². The van der Waals surface area contributed by atoms with Gasteiger partial charge in [0.25, 0.3) is 10.2 Å². The monoisotopic (exact) mass is 262 g/mol. The molecule has 0 aromatic rings. The summed E-state index contributed by atoms with van der Waals surface area (Å²) in [4.78, 5) is 0. The van der Waals surface area contributed by atoms with Gasteiger partial charge < -0.3 is 0 Å². The van der Waals surface area contributed by atoms with E-state index in [4.69, 9.17) is 0 Å². The first-order chi connectivity index (χ1) is 8.10. The highest BCUT2D eigenvalue weighted by atomic mass is 32.2. The van der Waals surface area contributed by atoms with Crippen LogP contribution in [0, 0.1) is 5.92 Å². The quantitative estimate of drug-likeness (QED) is 0.797. The van der Waals surface area contributed by atoms with E-state index in [2.05, 4.69) is 18.6 Å². The Kier molecular flexibility index (Phi) is 6.44. The molecular weight excluding hydrogens is 236 g/mol. The van der Waals surface area contributed by atoms with Crippen LogP contribution in [0.5, 0.6) is 0 Å². The van der Waals surface area contributed by atoms with Gasteiger partial charge in [0.2, 0.25) is 0 Å². The average molecular weight is 262 g/mol. The minimum Gasteiger partial charge on any atom is -0.202 e. The molecule has 1 heterocycles. The maximum Gasteiger partial charge on any atom is 0.279 e. The van der Waals surface area contributed by atoms with Gasteiger partial charge in [0, 0.05) is 19.6 Å². The number of nitrogens with zero attached hydrogens (tertiary/aromatic N) is 1. The van der Waals surface area contributed by atoms with Crippen molar-refractivity contribution in [3.63, 3.8) is 0 Å². The highest BCUT2D eigenvalue weighted by Gasteiger charge is 2.22. The van der Waals surface area contributed by atoms with Crippen LogP contribution in [0.25, 0.3) is 0 Å². The van der Waals surface area contributed by atoms with Crippen molar-refractivity contribution in [2.75, 3.05) is 19.6 Å². The molecular formula is C12H26N2O2S. The van der Waals surface area contributed by atoms with E-state index >= 15 is 0 Å². The zero-order valence-electron chi connectivity index (χ0n) is 11.1. The normalized spacial score (nSPS) is 19.5. The van der Waals surface area contributed by atoms with Gasteiger partial charge in [0.1, 0.15) is 0 Å². The Morgan fingerprint density at radius 3 is 2.06 bits per heavy atom. The fraction of sp³-hybridized carbons (Fsp3) is 1.00. The summed E-state index contributed by atoms with van der Waals surface area (Å²) in [6.45, 7) is 6.14. The van der Waals surface area contributed by atoms with Gasteiger partial charge in [0.15, 0.2) is 0 Å². The molecule has 17 heavy (non-hydrogen) atoms. The summed E-state index contributed by atoms with van der Waals surface area (Å²) in [7, 11) is -3.24. The van der Waals surface area contributed by atoms with E-state index in [9.17, 15) is 8.42 Å². The van der Waals surface area contributed by atoms with Crippen LogP contribution in [0.1, 0.15) is 52.4 Å². The Balaban J connectivity index is 2.48. The van der Waals surface area contributed by atoms with Crippen molar-refractivity contribution in [1.82, 2.24) is 9.03 Å². The predicted octanol–water partition coefficient (Wildman–Crippen LogP) is 2.13. The maximum absolute atomic E-state index is 12.1. The van der Waals surface area contributed by atoms with Crippen LogP contribution < -0.4 is 4.72 Å². The van der Waals surface area contributed by atoms with E-state index in [1.54, 1.807) is 4.31 Å². The molecule has 102 valence electrons. The fourth-order valence-corrected chi connectivity index (χ4v) is 3.54. The smallest absolute Gasteiger partial charge is 0.202 e. The van der Waals surface area contributed by atoms with Gasteiger partial charge >= 0.3 is 0 Å². The molecule has 0 aromatic carbocycles. The molecule has 0 aliphatic carbocycles. The number of hydrogen-bond donors (Lipinski definition) is 1. The highest BCUT2D eigenvalue weighted by molar-refractivity contribution is 7.87. The van der Waals surface area contributed by atoms with Gasteiger partial charge in [-0.05, 0) is 18.8 Å². The second kappa shape index (κ2) is 7.34. The van der Waals surface area contributed by atoms with Crippen molar-refractivity contribution in [1.29, 1.82) is 0 Å². The summed E-state index contributed by atoms with van der Waals surface area (Å²) < 4.78 is 28.5. The predicted molar refractivity (Wildman–Crippen MR) is 71.0 cm³/mol. The molecule has 1 aliphatic rings. The standard InChI is InChI=1S/C12H26N2O2S/c1-3-12(4-2)11-13-17(15,16)14-9-7-5-6-8-10-14/h12-13H,3-11H2,1-2H3. The maximum atomic E-state index is 12.1. The van der Waals surface area contributed by atoms with Gasteiger partial charge in [-0.15, -0.1) is 0 Å². The second-order valence-electron chi connectivity index (χ2n) is 4.85. The molecule has 1 saturated heterocycles. The van der Waals surface area contributed by atoms with Crippen LogP contribution in [-0.4, -0.2) is 32.4 Å². The Morgan fingerprint density at radius 1 is 1.06 bits per heavy atom. The molecule has 0 amide bonds. The summed E-state index contributed by atoms with van der Waals surface area (Å²) in [5.74, 6) is 0.455. The highest BCUT2D eigenvalue weighted by Crippen LogP contribution is 2.13. The number of hydrogen-bond acceptors (Lipinski definition) is 2. The molecule has 0 aromatic heterocycles. The molecule has 0 unspecified atom stereocenters. The summed E-state index contributed by atoms with van der Waals surface area (Å²) in [5.41, 5.74) is 0. The third kappa shape index (κ3) is 4.94. The first-order valence-corrected chi connectivity index (χ1v) is 8.29. The molecule has 0 atom stereocenters. The van der Waals surface area contributed by atoms with Gasteiger partial charge in [0.05, 0.1) is 0 Å². The zero-order valence-corrected chi connectivity index (χ0v) is 11.9. The first kappa shape index (κ1) is 14.9. The lowest BCUT2D eigenvalue weighted by molar-refractivity contribution is 0.403. The molecule has 0 radical (unpaired) electrons. The van der Waals surface area contributed by atoms with Crippen molar-refractivity contribution < 1.29 is 8.42 Å². The third-order valence-electron chi connectivity index (χ3n) is 3.61. The van der Waals surface area contributed by atoms with Gasteiger partial charge in [-0.1, -0.05) is 39.5 Å². The van der Waals surface area contributed by atoms with Crippen molar-refractivity contribution in [2.24, 2.45) is 5.92 Å². The first-order valence-electron chi connectivity index (χ1n) is 6.84. The van der Waals surface area contributed by atoms with E-state index in [1.807, 2.05) is 0 Å². The summed E-state index contributed by atoms with van der Waals surface area (Å²) >= 11 is 0. The van der Waals surface area contributed by atoms with Crippen molar-refractivity contribution in [3.8, 4) is 0 Å². The van der Waals surface area contributed by atoms with Gasteiger partial charge in [-0.2, -0.15) is 12.7 Å². The largest absolute Gasteiger partial charge is 0.279 e. The number of nitrogens with one attached hydrogen (secondary N) is 1. The Morgan fingerprint density at radius 2 is 1.59 bits per heavy atom. The van der Waals surface area contributed by atoms with Crippen molar-refractivity contribution >= 4 is 10.2 Å². The van der Waals surface area contributed by atoms with Crippen LogP contribution in [0.2, 0.25) is 0 Å². The second-order valence-corrected chi connectivity index (χ2v) is 6.60. The molecule has 1 rings (SSSR count). The van der Waals surface area contributed by atoms with Crippen LogP contribution in [0.4, 0.5) is 0 Å². The molecule has 0 spiro atoms. The number of rotatable bonds is 6. The average Bonchev–Trinajstić information content (AvgIpc) is 2.59. The van der Waals surface area contributed by atoms with E-state index < -0.39 is 10.2 Å². The van der Waals surface area contributed by atoms with E-state index in [1.165, 1.54) is 0 Å². The third-order valence-corrected chi connectivity index (χ3v) is 5.19. The van der Waals surface area contributed by atoms with E-state index in [0.29, 0.717) is 25.6 Å². The molecule has 5 heteroatoms. The van der Waals surface area contributed by atoms with Crippen molar-refractivity contribution in [3.05, 3.63) is 0 Å². The van der Waals surface area contributed by atoms with Crippen LogP contribution in [0.15, 0.2) is 0 Å². The lowest BCUT2D eigenvalue weighted by Crippen LogP contribution is -2.42. The molecule has 1 aliphatic heterocycles. The summed E-state index contributed by atoms with van der Waals surface area (Å²) in [6, 6.07) is 0. The van der Waals surface area contributed by atoms with Gasteiger partial charge in [-0.3, -0.25) is 0 Å².